The number of nitrogens with zero attached hydrogens (tertiary/aromatic N) is 2. The zero-order valence-corrected chi connectivity index (χ0v) is 44.7. The van der Waals surface area contributed by atoms with Crippen molar-refractivity contribution in [2.45, 2.75) is 152 Å². The number of hydrogen-bond donors (Lipinski definition) is 6. The summed E-state index contributed by atoms with van der Waals surface area (Å²) in [5, 5.41) is 18.4. The molecule has 16 heteroatoms. The molecule has 6 N–H and O–H groups in total. The van der Waals surface area contributed by atoms with Crippen LogP contribution in [0.2, 0.25) is 0 Å². The van der Waals surface area contributed by atoms with Gasteiger partial charge in [0.15, 0.2) is 0 Å². The van der Waals surface area contributed by atoms with E-state index in [1.165, 1.54) is 11.1 Å². The van der Waals surface area contributed by atoms with Crippen molar-refractivity contribution in [1.82, 2.24) is 41.7 Å². The molecule has 8 rings (SSSR count). The van der Waals surface area contributed by atoms with E-state index >= 15 is 0 Å². The molecule has 0 bridgehead atoms. The first-order chi connectivity index (χ1) is 36.9. The van der Waals surface area contributed by atoms with Crippen LogP contribution >= 0.6 is 0 Å². The lowest BCUT2D eigenvalue weighted by Crippen LogP contribution is -2.56. The lowest BCUT2D eigenvalue weighted by Gasteiger charge is -2.32. The Morgan fingerprint density at radius 3 is 1.32 bits per heavy atom. The van der Waals surface area contributed by atoms with Crippen molar-refractivity contribution in [2.75, 3.05) is 40.4 Å². The molecule has 2 aliphatic heterocycles. The molecule has 4 aliphatic rings. The van der Waals surface area contributed by atoms with Crippen molar-refractivity contribution < 1.29 is 38.2 Å². The first-order valence-corrected chi connectivity index (χ1v) is 27.7. The monoisotopic (exact) mass is 1040 g/mol. The molecule has 0 saturated carbocycles. The number of nitrogens with one attached hydrogen (secondary N) is 6. The van der Waals surface area contributed by atoms with E-state index in [0.717, 1.165) is 73.6 Å². The highest BCUT2D eigenvalue weighted by Crippen LogP contribution is 2.32. The van der Waals surface area contributed by atoms with Gasteiger partial charge in [0, 0.05) is 25.9 Å². The van der Waals surface area contributed by atoms with Gasteiger partial charge in [-0.1, -0.05) is 72.8 Å². The van der Waals surface area contributed by atoms with Crippen LogP contribution in [0.25, 0.3) is 0 Å². The van der Waals surface area contributed by atoms with Crippen LogP contribution in [0.1, 0.15) is 124 Å². The topological polar surface area (TPSA) is 200 Å². The van der Waals surface area contributed by atoms with Gasteiger partial charge in [-0.3, -0.25) is 28.8 Å². The number of carbonyl (C=O) groups excluding carboxylic acids is 6. The highest BCUT2D eigenvalue weighted by molar-refractivity contribution is 5.95. The number of fused-ring (bicyclic) bond motifs is 2. The average Bonchev–Trinajstić information content (AvgIpc) is 4.16. The number of unbranched alkanes of at least 4 members (excludes halogenated alkanes) is 1. The molecule has 8 atom stereocenters. The van der Waals surface area contributed by atoms with E-state index in [1.807, 2.05) is 72.8 Å². The molecule has 4 aromatic rings. The molecule has 76 heavy (non-hydrogen) atoms. The van der Waals surface area contributed by atoms with Crippen molar-refractivity contribution >= 4 is 35.4 Å². The third-order valence-electron chi connectivity index (χ3n) is 15.7. The number of amides is 6. The summed E-state index contributed by atoms with van der Waals surface area (Å²) in [6, 6.07) is 27.4. The maximum Gasteiger partial charge on any atom is 0.246 e. The van der Waals surface area contributed by atoms with E-state index in [-0.39, 0.29) is 60.4 Å². The maximum atomic E-state index is 14.3. The Hall–Kier alpha value is -6.78. The molecule has 0 aromatic heterocycles. The number of rotatable bonds is 23. The lowest BCUT2D eigenvalue weighted by atomic mass is 9.87. The molecule has 2 fully saturated rings. The summed E-state index contributed by atoms with van der Waals surface area (Å²) >= 11 is 0. The molecule has 6 amide bonds. The van der Waals surface area contributed by atoms with Crippen LogP contribution in [-0.2, 0) is 54.5 Å². The largest absolute Gasteiger partial charge is 0.494 e. The van der Waals surface area contributed by atoms with Crippen LogP contribution in [0.4, 0.5) is 0 Å². The van der Waals surface area contributed by atoms with Gasteiger partial charge in [0.05, 0.1) is 37.4 Å². The standard InChI is InChI=1S/C60H78N8O8/c1-39(61-3)55(69)65-51(59(73)67-33-13-23-53(67)57(71)63-49-21-11-17-43-15-5-7-19-47(43)49)37-41-25-29-45(30-26-41)75-35-9-10-36-76-46-31-27-42(28-32-46)38-52(66-56(70)40(2)62-4)60(74)68-34-14-24-54(68)58(72)64-50-22-12-18-44-16-6-8-20-48(44)50/h5-8,15-16,19-20,25-32,39-40,49-54,61-62H,9-14,17-18,21-24,33-38H2,1-4H3,(H,63,71)(H,64,72)(H,65,69)(H,66,70)/t39-,40-,49+,50+,51-,52-,53-,54?/m0/s1. The molecular formula is C60H78N8O8. The molecule has 16 nitrogen and oxygen atoms in total. The number of carbonyl (C=O) groups is 6. The number of aryl methyl sites for hydroxylation is 2. The highest BCUT2D eigenvalue weighted by atomic mass is 16.5. The predicted octanol–water partition coefficient (Wildman–Crippen LogP) is 5.56. The van der Waals surface area contributed by atoms with Crippen molar-refractivity contribution in [3.63, 3.8) is 0 Å². The van der Waals surface area contributed by atoms with Crippen molar-refractivity contribution in [1.29, 1.82) is 0 Å². The maximum absolute atomic E-state index is 14.3. The minimum absolute atomic E-state index is 0.0909. The van der Waals surface area contributed by atoms with E-state index in [2.05, 4.69) is 56.2 Å². The van der Waals surface area contributed by atoms with Gasteiger partial charge in [0.2, 0.25) is 35.4 Å². The number of likely N-dealkylation sites (tertiary alicyclic amines) is 2. The second-order valence-corrected chi connectivity index (χ2v) is 20.9. The van der Waals surface area contributed by atoms with Gasteiger partial charge in [-0.15, -0.1) is 0 Å². The van der Waals surface area contributed by atoms with Gasteiger partial charge in [-0.05, 0) is 163 Å². The zero-order chi connectivity index (χ0) is 53.6. The first-order valence-electron chi connectivity index (χ1n) is 27.7. The number of hydrogen-bond acceptors (Lipinski definition) is 10. The second-order valence-electron chi connectivity index (χ2n) is 20.9. The quantitative estimate of drug-likeness (QED) is 0.0512. The average molecular weight is 1040 g/mol. The third kappa shape index (κ3) is 14.2. The zero-order valence-electron chi connectivity index (χ0n) is 44.7. The Morgan fingerprint density at radius 1 is 0.526 bits per heavy atom. The van der Waals surface area contributed by atoms with Gasteiger partial charge < -0.3 is 51.2 Å². The van der Waals surface area contributed by atoms with Crippen LogP contribution in [0.5, 0.6) is 11.5 Å². The summed E-state index contributed by atoms with van der Waals surface area (Å²) in [4.78, 5) is 85.9. The van der Waals surface area contributed by atoms with Gasteiger partial charge >= 0.3 is 0 Å². The molecule has 406 valence electrons. The molecule has 2 saturated heterocycles. The fraction of sp³-hybridized carbons (Fsp3) is 0.500. The Bertz CT molecular complexity index is 2450. The van der Waals surface area contributed by atoms with E-state index < -0.39 is 36.3 Å². The Labute approximate surface area is 448 Å². The fourth-order valence-corrected chi connectivity index (χ4v) is 11.1. The molecule has 2 heterocycles. The van der Waals surface area contributed by atoms with E-state index in [9.17, 15) is 28.8 Å². The van der Waals surface area contributed by atoms with Crippen LogP contribution < -0.4 is 41.4 Å². The van der Waals surface area contributed by atoms with Crippen LogP contribution in [0, 0.1) is 0 Å². The summed E-state index contributed by atoms with van der Waals surface area (Å²) in [5.74, 6) is -0.0760. The van der Waals surface area contributed by atoms with E-state index in [1.54, 1.807) is 37.7 Å². The Kier molecular flexibility index (Phi) is 19.6. The molecular weight excluding hydrogens is 961 g/mol. The van der Waals surface area contributed by atoms with Crippen molar-refractivity contribution in [3.8, 4) is 11.5 Å². The summed E-state index contributed by atoms with van der Waals surface area (Å²) in [7, 11) is 3.39. The molecule has 4 aromatic carbocycles. The summed E-state index contributed by atoms with van der Waals surface area (Å²) < 4.78 is 12.1. The van der Waals surface area contributed by atoms with Gasteiger partial charge in [-0.2, -0.15) is 0 Å². The van der Waals surface area contributed by atoms with Crippen LogP contribution in [-0.4, -0.2) is 122 Å². The van der Waals surface area contributed by atoms with Gasteiger partial charge in [0.1, 0.15) is 35.7 Å². The molecule has 0 spiro atoms. The van der Waals surface area contributed by atoms with Gasteiger partial charge in [0.25, 0.3) is 0 Å². The lowest BCUT2D eigenvalue weighted by molar-refractivity contribution is -0.141. The predicted molar refractivity (Wildman–Crippen MR) is 291 cm³/mol. The minimum Gasteiger partial charge on any atom is -0.494 e. The second kappa shape index (κ2) is 26.8. The van der Waals surface area contributed by atoms with Crippen molar-refractivity contribution in [2.24, 2.45) is 0 Å². The first kappa shape index (κ1) is 55.5. The Morgan fingerprint density at radius 2 is 0.921 bits per heavy atom. The number of ether oxygens (including phenoxy) is 2. The third-order valence-corrected chi connectivity index (χ3v) is 15.7. The normalized spacial score (nSPS) is 20.5. The van der Waals surface area contributed by atoms with Crippen molar-refractivity contribution in [3.05, 3.63) is 130 Å². The summed E-state index contributed by atoms with van der Waals surface area (Å²) in [5.41, 5.74) is 6.48. The summed E-state index contributed by atoms with van der Waals surface area (Å²) in [6.45, 7) is 5.30. The fourth-order valence-electron chi connectivity index (χ4n) is 11.1. The smallest absolute Gasteiger partial charge is 0.246 e. The number of benzene rings is 4. The minimum atomic E-state index is -0.865. The molecule has 1 unspecified atom stereocenters. The molecule has 2 aliphatic carbocycles. The van der Waals surface area contributed by atoms with E-state index in [0.29, 0.717) is 63.5 Å². The number of likely N-dealkylation sites (N-methyl/N-ethyl adjacent to an activating group) is 2. The SMILES string of the molecule is CN[C@@H](C)C(=O)N[C@@H](Cc1ccc(OCCCCOc2ccc(C[C@H](NC(=O)[C@H](C)NC)C(=O)N3CCC[C@H]3C(=O)N[C@@H]3CCCc4ccccc43)cc2)cc1)C(=O)N1CCCC1C(=O)N[C@@H]1CCCc2ccccc21. The van der Waals surface area contributed by atoms with E-state index in [4.69, 9.17) is 9.47 Å². The van der Waals surface area contributed by atoms with Crippen LogP contribution in [0.3, 0.4) is 0 Å². The van der Waals surface area contributed by atoms with Crippen LogP contribution in [0.15, 0.2) is 97.1 Å². The molecule has 0 radical (unpaired) electrons. The van der Waals surface area contributed by atoms with Gasteiger partial charge in [-0.25, -0.2) is 0 Å². The summed E-state index contributed by atoms with van der Waals surface area (Å²) in [6.07, 6.45) is 10.2. The highest BCUT2D eigenvalue weighted by Gasteiger charge is 2.41. The Balaban J connectivity index is 0.796.